The fourth-order valence-electron chi connectivity index (χ4n) is 6.28. The lowest BCUT2D eigenvalue weighted by Gasteiger charge is -2.37. The average molecular weight is 471 g/mol. The lowest BCUT2D eigenvalue weighted by Crippen LogP contribution is -2.40. The summed E-state index contributed by atoms with van der Waals surface area (Å²) in [4.78, 5) is 40.0. The van der Waals surface area contributed by atoms with Gasteiger partial charge in [-0.15, -0.1) is 0 Å². The summed E-state index contributed by atoms with van der Waals surface area (Å²) < 4.78 is 5.92. The van der Waals surface area contributed by atoms with E-state index < -0.39 is 0 Å². The minimum atomic E-state index is -0.373. The molecule has 1 heterocycles. The first-order valence-corrected chi connectivity index (χ1v) is 12.4. The van der Waals surface area contributed by atoms with Crippen molar-refractivity contribution in [2.75, 3.05) is 11.9 Å². The molecule has 1 N–H and O–H groups in total. The van der Waals surface area contributed by atoms with Crippen molar-refractivity contribution >= 4 is 23.4 Å². The van der Waals surface area contributed by atoms with Crippen LogP contribution in [-0.2, 0) is 19.8 Å². The molecule has 3 amide bonds. The molecule has 0 radical (unpaired) electrons. The Morgan fingerprint density at radius 2 is 1.40 bits per heavy atom. The molecule has 180 valence electrons. The number of ether oxygens (including phenoxy) is 1. The van der Waals surface area contributed by atoms with Crippen molar-refractivity contribution < 1.29 is 19.1 Å². The summed E-state index contributed by atoms with van der Waals surface area (Å²) in [5, 5.41) is 2.81. The van der Waals surface area contributed by atoms with Gasteiger partial charge >= 0.3 is 0 Å². The van der Waals surface area contributed by atoms with Crippen LogP contribution in [0.15, 0.2) is 60.7 Å². The highest BCUT2D eigenvalue weighted by Crippen LogP contribution is 2.65. The molecule has 1 aliphatic heterocycles. The van der Waals surface area contributed by atoms with Crippen LogP contribution in [0.2, 0.25) is 0 Å². The van der Waals surface area contributed by atoms with Crippen molar-refractivity contribution in [1.82, 2.24) is 4.90 Å². The van der Waals surface area contributed by atoms with Gasteiger partial charge in [-0.05, 0) is 77.5 Å². The second-order valence-electron chi connectivity index (χ2n) is 11.4. The lowest BCUT2D eigenvalue weighted by molar-refractivity contribution is -0.142. The number of imide groups is 1. The summed E-state index contributed by atoms with van der Waals surface area (Å²) in [6.45, 7) is 6.27. The van der Waals surface area contributed by atoms with Crippen LogP contribution in [0.1, 0.15) is 32.8 Å². The Kier molecular flexibility index (Phi) is 4.92. The Hall–Kier alpha value is -3.41. The Morgan fingerprint density at radius 3 is 1.91 bits per heavy atom. The fourth-order valence-corrected chi connectivity index (χ4v) is 6.28. The summed E-state index contributed by atoms with van der Waals surface area (Å²) in [5.41, 5.74) is 1.90. The zero-order chi connectivity index (χ0) is 24.5. The van der Waals surface area contributed by atoms with Crippen LogP contribution < -0.4 is 10.1 Å². The highest BCUT2D eigenvalue weighted by atomic mass is 16.5. The van der Waals surface area contributed by atoms with Crippen LogP contribution in [0.4, 0.5) is 5.69 Å². The van der Waals surface area contributed by atoms with Crippen LogP contribution in [0, 0.1) is 35.5 Å². The molecule has 0 unspecified atom stereocenters. The number of hydrogen-bond acceptors (Lipinski definition) is 4. The minimum Gasteiger partial charge on any atom is -0.457 e. The van der Waals surface area contributed by atoms with Gasteiger partial charge in [0.15, 0.2) is 0 Å². The van der Waals surface area contributed by atoms with E-state index in [9.17, 15) is 14.4 Å². The molecule has 6 nitrogen and oxygen atoms in total. The number of nitrogens with one attached hydrogen (secondary N) is 1. The summed E-state index contributed by atoms with van der Waals surface area (Å²) in [7, 11) is 0. The van der Waals surface area contributed by atoms with Crippen LogP contribution in [-0.4, -0.2) is 29.2 Å². The van der Waals surface area contributed by atoms with E-state index >= 15 is 0 Å². The zero-order valence-electron chi connectivity index (χ0n) is 20.2. The maximum atomic E-state index is 13.1. The monoisotopic (exact) mass is 470 g/mol. The van der Waals surface area contributed by atoms with Gasteiger partial charge in [0.1, 0.15) is 18.0 Å². The number of allylic oxidation sites excluding steroid dienone is 2. The smallest absolute Gasteiger partial charge is 0.244 e. The maximum absolute atomic E-state index is 13.1. The Balaban J connectivity index is 1.07. The molecular formula is C29H30N2O4. The van der Waals surface area contributed by atoms with Gasteiger partial charge < -0.3 is 10.1 Å². The Bertz CT molecular complexity index is 1190. The Morgan fingerprint density at radius 1 is 0.886 bits per heavy atom. The summed E-state index contributed by atoms with van der Waals surface area (Å²) in [6.07, 6.45) is 5.40. The molecule has 5 aliphatic rings. The number of anilines is 1. The van der Waals surface area contributed by atoms with E-state index in [1.807, 2.05) is 12.1 Å². The molecule has 7 rings (SSSR count). The topological polar surface area (TPSA) is 75.7 Å². The number of amides is 3. The standard InChI is InChI=1S/C29H30N2O4/c1-29(2,3)16-4-8-18(9-5-16)35-19-10-6-17(7-11-19)30-24(32)15-31-27(33)25-20-12-13-21(23-14-22(20)23)26(25)28(31)34/h4-13,20-23,25-26H,14-15H2,1-3H3,(H,30,32)/t20-,21-,22-,23-,25+,26+/m0/s1. The first-order chi connectivity index (χ1) is 16.7. The largest absolute Gasteiger partial charge is 0.457 e. The SMILES string of the molecule is CC(C)(C)c1ccc(Oc2ccc(NC(=O)CN3C(=O)[C@@H]4[C@H]5C=C[C@@H]([C@@H]6C[C@@H]56)[C@H]4C3=O)cc2)cc1. The molecular weight excluding hydrogens is 440 g/mol. The highest BCUT2D eigenvalue weighted by molar-refractivity contribution is 6.09. The normalized spacial score (nSPS) is 30.2. The first-order valence-electron chi connectivity index (χ1n) is 12.4. The van der Waals surface area contributed by atoms with E-state index in [-0.39, 0.29) is 53.4 Å². The van der Waals surface area contributed by atoms with E-state index in [1.54, 1.807) is 24.3 Å². The number of nitrogens with zero attached hydrogens (tertiary/aromatic N) is 1. The average Bonchev–Trinajstić information content (AvgIpc) is 3.61. The molecule has 2 bridgehead atoms. The second-order valence-corrected chi connectivity index (χ2v) is 11.4. The van der Waals surface area contributed by atoms with Crippen molar-refractivity contribution in [3.63, 3.8) is 0 Å². The van der Waals surface area contributed by atoms with Gasteiger partial charge in [-0.25, -0.2) is 0 Å². The molecule has 3 fully saturated rings. The van der Waals surface area contributed by atoms with Crippen LogP contribution in [0.25, 0.3) is 0 Å². The molecule has 1 saturated heterocycles. The number of benzene rings is 2. The fraction of sp³-hybridized carbons (Fsp3) is 0.414. The second kappa shape index (κ2) is 7.80. The molecule has 35 heavy (non-hydrogen) atoms. The molecule has 2 aromatic carbocycles. The molecule has 2 saturated carbocycles. The van der Waals surface area contributed by atoms with Crippen molar-refractivity contribution in [2.24, 2.45) is 35.5 Å². The first kappa shape index (κ1) is 22.1. The third-order valence-electron chi connectivity index (χ3n) is 8.15. The summed E-state index contributed by atoms with van der Waals surface area (Å²) in [5.74, 6) is 1.54. The number of carbonyl (C=O) groups excluding carboxylic acids is 3. The highest BCUT2D eigenvalue weighted by Gasteiger charge is 2.67. The van der Waals surface area contributed by atoms with E-state index in [0.717, 1.165) is 12.2 Å². The Labute approximate surface area is 205 Å². The van der Waals surface area contributed by atoms with E-state index in [1.165, 1.54) is 10.5 Å². The number of rotatable bonds is 5. The van der Waals surface area contributed by atoms with Gasteiger partial charge in [-0.1, -0.05) is 45.1 Å². The van der Waals surface area contributed by atoms with Gasteiger partial charge in [0, 0.05) is 5.69 Å². The predicted molar refractivity (Wildman–Crippen MR) is 132 cm³/mol. The van der Waals surface area contributed by atoms with Crippen LogP contribution in [0.5, 0.6) is 11.5 Å². The van der Waals surface area contributed by atoms with Crippen molar-refractivity contribution in [2.45, 2.75) is 32.6 Å². The number of carbonyl (C=O) groups is 3. The quantitative estimate of drug-likeness (QED) is 0.505. The van der Waals surface area contributed by atoms with Gasteiger partial charge in [-0.2, -0.15) is 0 Å². The predicted octanol–water partition coefficient (Wildman–Crippen LogP) is 4.77. The maximum Gasteiger partial charge on any atom is 0.244 e. The molecule has 4 aliphatic carbocycles. The van der Waals surface area contributed by atoms with Crippen LogP contribution >= 0.6 is 0 Å². The van der Waals surface area contributed by atoms with E-state index in [0.29, 0.717) is 23.3 Å². The minimum absolute atomic E-state index is 0.0809. The van der Waals surface area contributed by atoms with E-state index in [4.69, 9.17) is 4.74 Å². The van der Waals surface area contributed by atoms with Crippen molar-refractivity contribution in [3.05, 3.63) is 66.2 Å². The summed E-state index contributed by atoms with van der Waals surface area (Å²) in [6, 6.07) is 15.1. The molecule has 6 atom stereocenters. The van der Waals surface area contributed by atoms with Gasteiger partial charge in [0.25, 0.3) is 0 Å². The number of likely N-dealkylation sites (tertiary alicyclic amines) is 1. The van der Waals surface area contributed by atoms with Gasteiger partial charge in [0.05, 0.1) is 11.8 Å². The zero-order valence-corrected chi connectivity index (χ0v) is 20.2. The molecule has 0 aromatic heterocycles. The third kappa shape index (κ3) is 3.76. The molecule has 0 spiro atoms. The van der Waals surface area contributed by atoms with Gasteiger partial charge in [0.2, 0.25) is 17.7 Å². The summed E-state index contributed by atoms with van der Waals surface area (Å²) >= 11 is 0. The lowest BCUT2D eigenvalue weighted by atomic mass is 9.63. The van der Waals surface area contributed by atoms with Crippen LogP contribution in [0.3, 0.4) is 0 Å². The van der Waals surface area contributed by atoms with Crippen molar-refractivity contribution in [3.8, 4) is 11.5 Å². The van der Waals surface area contributed by atoms with E-state index in [2.05, 4.69) is 50.4 Å². The number of hydrogen-bond donors (Lipinski definition) is 1. The third-order valence-corrected chi connectivity index (χ3v) is 8.15. The molecule has 6 heteroatoms. The molecule has 2 aromatic rings. The van der Waals surface area contributed by atoms with Crippen molar-refractivity contribution in [1.29, 1.82) is 0 Å². The van der Waals surface area contributed by atoms with Gasteiger partial charge in [-0.3, -0.25) is 19.3 Å².